The average Bonchev–Trinajstić information content (AvgIpc) is 2.30. The first-order valence-corrected chi connectivity index (χ1v) is 5.66. The van der Waals surface area contributed by atoms with Gasteiger partial charge in [-0.25, -0.2) is 0 Å². The van der Waals surface area contributed by atoms with E-state index in [0.717, 1.165) is 24.9 Å². The molecule has 1 aromatic carbocycles. The maximum Gasteiger partial charge on any atom is 0.269 e. The molecule has 1 atom stereocenters. The smallest absolute Gasteiger partial charge is 0.269 e. The van der Waals surface area contributed by atoms with Gasteiger partial charge in [-0.15, -0.1) is 0 Å². The van der Waals surface area contributed by atoms with Gasteiger partial charge in [0.15, 0.2) is 0 Å². The number of rotatable bonds is 6. The lowest BCUT2D eigenvalue weighted by atomic mass is 10.0. The SMILES string of the molecule is CCCNC(CC)c1cccc([N+](=O)[O-])c1. The number of nitrogens with zero attached hydrogens (tertiary/aromatic N) is 1. The van der Waals surface area contributed by atoms with E-state index < -0.39 is 0 Å². The summed E-state index contributed by atoms with van der Waals surface area (Å²) in [5, 5.41) is 14.0. The van der Waals surface area contributed by atoms with Gasteiger partial charge < -0.3 is 5.32 Å². The van der Waals surface area contributed by atoms with Crippen LogP contribution in [0.2, 0.25) is 0 Å². The van der Waals surface area contributed by atoms with E-state index in [1.165, 1.54) is 6.07 Å². The van der Waals surface area contributed by atoms with Crippen molar-refractivity contribution in [2.75, 3.05) is 6.54 Å². The third-order valence-corrected chi connectivity index (χ3v) is 2.53. The van der Waals surface area contributed by atoms with Crippen LogP contribution in [0.1, 0.15) is 38.3 Å². The lowest BCUT2D eigenvalue weighted by Crippen LogP contribution is -2.21. The van der Waals surface area contributed by atoms with Crippen molar-refractivity contribution in [1.82, 2.24) is 5.32 Å². The van der Waals surface area contributed by atoms with Crippen LogP contribution in [0.4, 0.5) is 5.69 Å². The second-order valence-corrected chi connectivity index (χ2v) is 3.77. The summed E-state index contributed by atoms with van der Waals surface area (Å²) in [5.74, 6) is 0. The predicted octanol–water partition coefficient (Wildman–Crippen LogP) is 3.05. The molecule has 1 aromatic rings. The minimum Gasteiger partial charge on any atom is -0.310 e. The monoisotopic (exact) mass is 222 g/mol. The summed E-state index contributed by atoms with van der Waals surface area (Å²) in [6.07, 6.45) is 1.99. The number of hydrogen-bond donors (Lipinski definition) is 1. The molecule has 16 heavy (non-hydrogen) atoms. The van der Waals surface area contributed by atoms with Crippen LogP contribution in [-0.2, 0) is 0 Å². The van der Waals surface area contributed by atoms with Crippen LogP contribution < -0.4 is 5.32 Å². The van der Waals surface area contributed by atoms with E-state index in [2.05, 4.69) is 19.2 Å². The predicted molar refractivity (Wildman–Crippen MR) is 64.4 cm³/mol. The molecule has 0 heterocycles. The van der Waals surface area contributed by atoms with Gasteiger partial charge in [-0.1, -0.05) is 26.0 Å². The third kappa shape index (κ3) is 3.31. The second-order valence-electron chi connectivity index (χ2n) is 3.77. The minimum absolute atomic E-state index is 0.161. The van der Waals surface area contributed by atoms with Gasteiger partial charge in [-0.3, -0.25) is 10.1 Å². The molecule has 0 amide bonds. The fourth-order valence-corrected chi connectivity index (χ4v) is 1.67. The van der Waals surface area contributed by atoms with Crippen molar-refractivity contribution in [2.45, 2.75) is 32.7 Å². The highest BCUT2D eigenvalue weighted by molar-refractivity contribution is 5.35. The van der Waals surface area contributed by atoms with Crippen molar-refractivity contribution in [2.24, 2.45) is 0 Å². The molecule has 88 valence electrons. The Morgan fingerprint density at radius 3 is 2.75 bits per heavy atom. The third-order valence-electron chi connectivity index (χ3n) is 2.53. The van der Waals surface area contributed by atoms with Gasteiger partial charge in [0.2, 0.25) is 0 Å². The van der Waals surface area contributed by atoms with E-state index in [1.54, 1.807) is 12.1 Å². The van der Waals surface area contributed by atoms with Crippen LogP contribution in [0, 0.1) is 10.1 Å². The quantitative estimate of drug-likeness (QED) is 0.594. The summed E-state index contributed by atoms with van der Waals surface area (Å²) < 4.78 is 0. The Bertz CT molecular complexity index is 353. The van der Waals surface area contributed by atoms with Gasteiger partial charge in [0, 0.05) is 18.2 Å². The molecule has 4 nitrogen and oxygen atoms in total. The number of nitrogens with one attached hydrogen (secondary N) is 1. The van der Waals surface area contributed by atoms with Gasteiger partial charge in [0.1, 0.15) is 0 Å². The zero-order valence-electron chi connectivity index (χ0n) is 9.77. The summed E-state index contributed by atoms with van der Waals surface area (Å²) >= 11 is 0. The van der Waals surface area contributed by atoms with Crippen molar-refractivity contribution < 1.29 is 4.92 Å². The van der Waals surface area contributed by atoms with Crippen LogP contribution in [0.25, 0.3) is 0 Å². The van der Waals surface area contributed by atoms with Crippen molar-refractivity contribution in [1.29, 1.82) is 0 Å². The molecule has 1 unspecified atom stereocenters. The topological polar surface area (TPSA) is 55.2 Å². The van der Waals surface area contributed by atoms with Crippen molar-refractivity contribution in [3.05, 3.63) is 39.9 Å². The molecule has 0 aliphatic heterocycles. The van der Waals surface area contributed by atoms with Crippen molar-refractivity contribution in [3.63, 3.8) is 0 Å². The number of non-ortho nitro benzene ring substituents is 1. The molecule has 0 aromatic heterocycles. The lowest BCUT2D eigenvalue weighted by Gasteiger charge is -2.16. The summed E-state index contributed by atoms with van der Waals surface area (Å²) in [4.78, 5) is 10.3. The highest BCUT2D eigenvalue weighted by Gasteiger charge is 2.12. The maximum absolute atomic E-state index is 10.7. The molecule has 0 spiro atoms. The van der Waals surface area contributed by atoms with Gasteiger partial charge >= 0.3 is 0 Å². The zero-order chi connectivity index (χ0) is 12.0. The van der Waals surface area contributed by atoms with Crippen molar-refractivity contribution in [3.8, 4) is 0 Å². The molecule has 0 aliphatic carbocycles. The molecule has 4 heteroatoms. The Morgan fingerprint density at radius 1 is 1.44 bits per heavy atom. The molecule has 0 fully saturated rings. The standard InChI is InChI=1S/C12H18N2O2/c1-3-8-13-12(4-2)10-6-5-7-11(9-10)14(15)16/h5-7,9,12-13H,3-4,8H2,1-2H3. The fraction of sp³-hybridized carbons (Fsp3) is 0.500. The molecule has 0 saturated heterocycles. The van der Waals surface area contributed by atoms with E-state index in [0.29, 0.717) is 0 Å². The fourth-order valence-electron chi connectivity index (χ4n) is 1.67. The van der Waals surface area contributed by atoms with Gasteiger partial charge in [-0.05, 0) is 24.9 Å². The van der Waals surface area contributed by atoms with Gasteiger partial charge in [-0.2, -0.15) is 0 Å². The molecule has 0 aliphatic rings. The van der Waals surface area contributed by atoms with Crippen LogP contribution in [-0.4, -0.2) is 11.5 Å². The molecule has 0 saturated carbocycles. The zero-order valence-corrected chi connectivity index (χ0v) is 9.77. The molecule has 0 bridgehead atoms. The second kappa shape index (κ2) is 6.23. The van der Waals surface area contributed by atoms with Gasteiger partial charge in [0.05, 0.1) is 4.92 Å². The average molecular weight is 222 g/mol. The molecule has 1 rings (SSSR count). The normalized spacial score (nSPS) is 12.4. The first-order valence-electron chi connectivity index (χ1n) is 5.66. The van der Waals surface area contributed by atoms with E-state index in [9.17, 15) is 10.1 Å². The molecular weight excluding hydrogens is 204 g/mol. The Labute approximate surface area is 95.8 Å². The Hall–Kier alpha value is -1.42. The van der Waals surface area contributed by atoms with E-state index in [-0.39, 0.29) is 16.7 Å². The first kappa shape index (κ1) is 12.6. The minimum atomic E-state index is -0.351. The van der Waals surface area contributed by atoms with E-state index in [4.69, 9.17) is 0 Å². The lowest BCUT2D eigenvalue weighted by molar-refractivity contribution is -0.384. The summed E-state index contributed by atoms with van der Waals surface area (Å²) in [6.45, 7) is 5.11. The van der Waals surface area contributed by atoms with E-state index in [1.807, 2.05) is 6.07 Å². The summed E-state index contributed by atoms with van der Waals surface area (Å²) in [7, 11) is 0. The first-order chi connectivity index (χ1) is 7.69. The maximum atomic E-state index is 10.7. The number of nitro groups is 1. The highest BCUT2D eigenvalue weighted by Crippen LogP contribution is 2.21. The highest BCUT2D eigenvalue weighted by atomic mass is 16.6. The summed E-state index contributed by atoms with van der Waals surface area (Å²) in [6, 6.07) is 7.06. The van der Waals surface area contributed by atoms with Crippen LogP contribution in [0.5, 0.6) is 0 Å². The van der Waals surface area contributed by atoms with Crippen LogP contribution in [0.3, 0.4) is 0 Å². The van der Waals surface area contributed by atoms with E-state index >= 15 is 0 Å². The Balaban J connectivity index is 2.83. The largest absolute Gasteiger partial charge is 0.310 e. The van der Waals surface area contributed by atoms with Gasteiger partial charge in [0.25, 0.3) is 5.69 Å². The number of nitro benzene ring substituents is 1. The number of benzene rings is 1. The summed E-state index contributed by atoms with van der Waals surface area (Å²) in [5.41, 5.74) is 1.15. The Kier molecular flexibility index (Phi) is 4.92. The van der Waals surface area contributed by atoms with Crippen molar-refractivity contribution >= 4 is 5.69 Å². The Morgan fingerprint density at radius 2 is 2.19 bits per heavy atom. The molecular formula is C12H18N2O2. The number of hydrogen-bond acceptors (Lipinski definition) is 3. The molecule has 0 radical (unpaired) electrons. The van der Waals surface area contributed by atoms with Crippen LogP contribution in [0.15, 0.2) is 24.3 Å². The molecule has 1 N–H and O–H groups in total. The van der Waals surface area contributed by atoms with Crippen LogP contribution >= 0.6 is 0 Å².